The van der Waals surface area contributed by atoms with Crippen LogP contribution in [0.15, 0.2) is 66.2 Å². The molecular formula is C23H28N8O2S. The predicted molar refractivity (Wildman–Crippen MR) is 129 cm³/mol. The molecular weight excluding hydrogens is 452 g/mol. The fraction of sp³-hybridized carbons (Fsp3) is 0.348. The number of rotatable bonds is 8. The zero-order valence-corrected chi connectivity index (χ0v) is 20.1. The molecule has 0 saturated carbocycles. The molecule has 1 fully saturated rings. The minimum absolute atomic E-state index is 0.0576. The highest BCUT2D eigenvalue weighted by Gasteiger charge is 2.28. The highest BCUT2D eigenvalue weighted by molar-refractivity contribution is 7.89. The first kappa shape index (κ1) is 22.5. The summed E-state index contributed by atoms with van der Waals surface area (Å²) in [6, 6.07) is 12.7. The Morgan fingerprint density at radius 2 is 2.03 bits per heavy atom. The molecule has 1 N–H and O–H groups in total. The summed E-state index contributed by atoms with van der Waals surface area (Å²) >= 11 is 0. The fourth-order valence-electron chi connectivity index (χ4n) is 4.32. The monoisotopic (exact) mass is 480 g/mol. The summed E-state index contributed by atoms with van der Waals surface area (Å²) < 4.78 is 31.8. The van der Waals surface area contributed by atoms with Gasteiger partial charge in [-0.15, -0.1) is 0 Å². The SMILES string of the molecule is CN(Cc1ccccc1)C1CCN(c2ccn3ncc(S(=O)(=O)NCc4cn(C)cn4)c3n2)C1. The summed E-state index contributed by atoms with van der Waals surface area (Å²) in [5, 5.41) is 4.19. The third-order valence-corrected chi connectivity index (χ3v) is 7.59. The molecule has 1 unspecified atom stereocenters. The van der Waals surface area contributed by atoms with Gasteiger partial charge in [0, 0.05) is 45.1 Å². The number of hydrogen-bond acceptors (Lipinski definition) is 7. The molecule has 11 heteroatoms. The molecule has 0 radical (unpaired) electrons. The number of nitrogens with zero attached hydrogens (tertiary/aromatic N) is 7. The summed E-state index contributed by atoms with van der Waals surface area (Å²) in [7, 11) is 0.179. The second kappa shape index (κ2) is 9.16. The van der Waals surface area contributed by atoms with Crippen LogP contribution in [0, 0.1) is 0 Å². The lowest BCUT2D eigenvalue weighted by Crippen LogP contribution is -2.34. The number of aromatic nitrogens is 5. The summed E-state index contributed by atoms with van der Waals surface area (Å²) in [6.07, 6.45) is 7.52. The van der Waals surface area contributed by atoms with Crippen molar-refractivity contribution in [3.05, 3.63) is 72.6 Å². The zero-order valence-electron chi connectivity index (χ0n) is 19.2. The summed E-state index contributed by atoms with van der Waals surface area (Å²) in [6.45, 7) is 2.68. The van der Waals surface area contributed by atoms with E-state index in [-0.39, 0.29) is 11.4 Å². The van der Waals surface area contributed by atoms with Gasteiger partial charge in [-0.2, -0.15) is 5.10 Å². The molecule has 4 aromatic rings. The summed E-state index contributed by atoms with van der Waals surface area (Å²) in [4.78, 5) is 13.5. The van der Waals surface area contributed by atoms with Crippen molar-refractivity contribution < 1.29 is 8.42 Å². The Balaban J connectivity index is 1.31. The van der Waals surface area contributed by atoms with Gasteiger partial charge in [0.2, 0.25) is 10.0 Å². The van der Waals surface area contributed by atoms with Gasteiger partial charge in [0.05, 0.1) is 24.8 Å². The van der Waals surface area contributed by atoms with Crippen molar-refractivity contribution in [2.24, 2.45) is 7.05 Å². The van der Waals surface area contributed by atoms with E-state index >= 15 is 0 Å². The van der Waals surface area contributed by atoms with Crippen LogP contribution in [0.4, 0.5) is 5.82 Å². The van der Waals surface area contributed by atoms with E-state index in [0.717, 1.165) is 31.9 Å². The van der Waals surface area contributed by atoms with E-state index in [1.54, 1.807) is 23.3 Å². The van der Waals surface area contributed by atoms with Crippen molar-refractivity contribution in [3.8, 4) is 0 Å². The third kappa shape index (κ3) is 4.67. The number of anilines is 1. The third-order valence-electron chi connectivity index (χ3n) is 6.20. The van der Waals surface area contributed by atoms with Gasteiger partial charge in [-0.1, -0.05) is 30.3 Å². The number of sulfonamides is 1. The number of likely N-dealkylation sites (N-methyl/N-ethyl adjacent to an activating group) is 1. The van der Waals surface area contributed by atoms with E-state index in [4.69, 9.17) is 0 Å². The van der Waals surface area contributed by atoms with Crippen molar-refractivity contribution >= 4 is 21.5 Å². The molecule has 1 aliphatic heterocycles. The van der Waals surface area contributed by atoms with Crippen LogP contribution in [0.2, 0.25) is 0 Å². The lowest BCUT2D eigenvalue weighted by molar-refractivity contribution is 0.250. The maximum Gasteiger partial charge on any atom is 0.246 e. The van der Waals surface area contributed by atoms with Crippen molar-refractivity contribution in [1.29, 1.82) is 0 Å². The Kier molecular flexibility index (Phi) is 6.07. The molecule has 0 aliphatic carbocycles. The maximum absolute atomic E-state index is 13.0. The van der Waals surface area contributed by atoms with Gasteiger partial charge in [-0.3, -0.25) is 4.90 Å². The van der Waals surface area contributed by atoms with Gasteiger partial charge >= 0.3 is 0 Å². The van der Waals surface area contributed by atoms with Crippen molar-refractivity contribution in [3.63, 3.8) is 0 Å². The van der Waals surface area contributed by atoms with Crippen LogP contribution in [-0.4, -0.2) is 63.6 Å². The van der Waals surface area contributed by atoms with Crippen LogP contribution >= 0.6 is 0 Å². The largest absolute Gasteiger partial charge is 0.355 e. The standard InChI is InChI=1S/C23H28N8O2S/c1-28-15-19(24-17-28)12-26-34(32,33)21-13-25-31-11-9-22(27-23(21)31)30-10-8-20(16-30)29(2)14-18-6-4-3-5-7-18/h3-7,9,11,13,15,17,20,26H,8,10,12,14,16H2,1-2H3. The lowest BCUT2D eigenvalue weighted by atomic mass is 10.1. The zero-order chi connectivity index (χ0) is 23.7. The first-order valence-corrected chi connectivity index (χ1v) is 12.7. The van der Waals surface area contributed by atoms with Gasteiger partial charge in [0.1, 0.15) is 10.7 Å². The fourth-order valence-corrected chi connectivity index (χ4v) is 5.38. The van der Waals surface area contributed by atoms with E-state index in [2.05, 4.69) is 60.9 Å². The molecule has 0 amide bonds. The summed E-state index contributed by atoms with van der Waals surface area (Å²) in [5.41, 5.74) is 2.24. The number of fused-ring (bicyclic) bond motifs is 1. The molecule has 1 atom stereocenters. The lowest BCUT2D eigenvalue weighted by Gasteiger charge is -2.25. The molecule has 0 bridgehead atoms. The Morgan fingerprint density at radius 3 is 2.79 bits per heavy atom. The first-order chi connectivity index (χ1) is 16.4. The minimum atomic E-state index is -3.80. The van der Waals surface area contributed by atoms with E-state index < -0.39 is 10.0 Å². The summed E-state index contributed by atoms with van der Waals surface area (Å²) in [5.74, 6) is 0.754. The van der Waals surface area contributed by atoms with Crippen LogP contribution in [0.25, 0.3) is 5.65 Å². The minimum Gasteiger partial charge on any atom is -0.355 e. The van der Waals surface area contributed by atoms with Crippen LogP contribution in [0.5, 0.6) is 0 Å². The van der Waals surface area contributed by atoms with Gasteiger partial charge in [-0.25, -0.2) is 27.6 Å². The molecule has 1 aromatic carbocycles. The number of imidazole rings is 1. The van der Waals surface area contributed by atoms with Crippen LogP contribution in [-0.2, 0) is 30.2 Å². The second-order valence-corrected chi connectivity index (χ2v) is 10.4. The van der Waals surface area contributed by atoms with Gasteiger partial charge in [-0.05, 0) is 25.1 Å². The topological polar surface area (TPSA) is 101 Å². The molecule has 34 heavy (non-hydrogen) atoms. The van der Waals surface area contributed by atoms with E-state index in [0.29, 0.717) is 17.4 Å². The Labute approximate surface area is 198 Å². The average Bonchev–Trinajstić information content (AvgIpc) is 3.57. The van der Waals surface area contributed by atoms with E-state index in [1.165, 1.54) is 16.3 Å². The predicted octanol–water partition coefficient (Wildman–Crippen LogP) is 1.65. The first-order valence-electron chi connectivity index (χ1n) is 11.2. The highest BCUT2D eigenvalue weighted by atomic mass is 32.2. The maximum atomic E-state index is 13.0. The molecule has 178 valence electrons. The van der Waals surface area contributed by atoms with Gasteiger partial charge in [0.25, 0.3) is 0 Å². The van der Waals surface area contributed by atoms with Crippen LogP contribution in [0.3, 0.4) is 0 Å². The number of benzene rings is 1. The Bertz CT molecular complexity index is 1380. The molecule has 5 rings (SSSR count). The molecule has 1 aliphatic rings. The molecule has 3 aromatic heterocycles. The average molecular weight is 481 g/mol. The number of hydrogen-bond donors (Lipinski definition) is 1. The second-order valence-electron chi connectivity index (χ2n) is 8.71. The highest BCUT2D eigenvalue weighted by Crippen LogP contribution is 2.24. The van der Waals surface area contributed by atoms with Crippen molar-refractivity contribution in [2.45, 2.75) is 30.4 Å². The number of aryl methyl sites for hydroxylation is 1. The normalized spacial score (nSPS) is 16.7. The van der Waals surface area contributed by atoms with E-state index in [1.807, 2.05) is 19.2 Å². The van der Waals surface area contributed by atoms with E-state index in [9.17, 15) is 8.42 Å². The van der Waals surface area contributed by atoms with Gasteiger partial charge < -0.3 is 9.47 Å². The van der Waals surface area contributed by atoms with Gasteiger partial charge in [0.15, 0.2) is 5.65 Å². The van der Waals surface area contributed by atoms with Crippen LogP contribution < -0.4 is 9.62 Å². The smallest absolute Gasteiger partial charge is 0.246 e. The van der Waals surface area contributed by atoms with Crippen molar-refractivity contribution in [2.75, 3.05) is 25.0 Å². The molecule has 1 saturated heterocycles. The molecule has 10 nitrogen and oxygen atoms in total. The molecule has 0 spiro atoms. The van der Waals surface area contributed by atoms with Crippen molar-refractivity contribution in [1.82, 2.24) is 33.8 Å². The Hall–Kier alpha value is -3.28. The quantitative estimate of drug-likeness (QED) is 0.409. The number of nitrogens with one attached hydrogen (secondary N) is 1. The Morgan fingerprint density at radius 1 is 1.21 bits per heavy atom. The molecule has 4 heterocycles. The van der Waals surface area contributed by atoms with Crippen LogP contribution in [0.1, 0.15) is 17.7 Å².